The number of hydrogen-bond acceptors (Lipinski definition) is 4. The van der Waals surface area contributed by atoms with Gasteiger partial charge < -0.3 is 4.74 Å². The number of H-pyrrole nitrogens is 2. The van der Waals surface area contributed by atoms with Crippen molar-refractivity contribution in [3.63, 3.8) is 0 Å². The second kappa shape index (κ2) is 3.35. The quantitative estimate of drug-likeness (QED) is 0.481. The number of aromatic amines is 2. The van der Waals surface area contributed by atoms with Crippen molar-refractivity contribution < 1.29 is 9.53 Å². The molecule has 0 aromatic carbocycles. The van der Waals surface area contributed by atoms with E-state index in [-0.39, 0.29) is 11.3 Å². The third-order valence-electron chi connectivity index (χ3n) is 1.28. The van der Waals surface area contributed by atoms with Crippen LogP contribution in [0.5, 0.6) is 0 Å². The molecule has 12 heavy (non-hydrogen) atoms. The first kappa shape index (κ1) is 8.72. The molecule has 0 atom stereocenters. The fourth-order valence-corrected chi connectivity index (χ4v) is 0.870. The highest BCUT2D eigenvalue weighted by Gasteiger charge is 2.05. The van der Waals surface area contributed by atoms with Gasteiger partial charge in [-0.2, -0.15) is 0 Å². The molecule has 0 radical (unpaired) electrons. The van der Waals surface area contributed by atoms with Crippen molar-refractivity contribution in [2.45, 2.75) is 6.54 Å². The summed E-state index contributed by atoms with van der Waals surface area (Å²) in [5.74, 6) is -0.517. The summed E-state index contributed by atoms with van der Waals surface area (Å²) >= 11 is 4.71. The number of rotatable bonds is 2. The third-order valence-corrected chi connectivity index (χ3v) is 1.60. The first-order chi connectivity index (χ1) is 5.65. The Hall–Kier alpha value is -1.37. The highest BCUT2D eigenvalue weighted by Crippen LogP contribution is 1.83. The molecule has 1 heterocycles. The molecule has 0 fully saturated rings. The lowest BCUT2D eigenvalue weighted by atomic mass is 10.6. The van der Waals surface area contributed by atoms with Crippen LogP contribution in [-0.4, -0.2) is 27.8 Å². The highest BCUT2D eigenvalue weighted by molar-refractivity contribution is 7.71. The Bertz CT molecular complexity index is 360. The molecule has 0 spiro atoms. The number of aromatic nitrogens is 3. The molecular weight excluding hydrogens is 182 g/mol. The minimum atomic E-state index is -0.517. The molecule has 66 valence electrons. The van der Waals surface area contributed by atoms with E-state index >= 15 is 0 Å². The van der Waals surface area contributed by atoms with Crippen LogP contribution in [0.1, 0.15) is 0 Å². The van der Waals surface area contributed by atoms with Crippen molar-refractivity contribution in [2.24, 2.45) is 0 Å². The first-order valence-electron chi connectivity index (χ1n) is 3.09. The minimum Gasteiger partial charge on any atom is -0.468 e. The zero-order valence-corrected chi connectivity index (χ0v) is 7.10. The van der Waals surface area contributed by atoms with E-state index in [0.717, 1.165) is 4.57 Å². The van der Waals surface area contributed by atoms with Crippen molar-refractivity contribution in [1.29, 1.82) is 0 Å². The summed E-state index contributed by atoms with van der Waals surface area (Å²) in [4.78, 5) is 21.6. The summed E-state index contributed by atoms with van der Waals surface area (Å²) in [5.41, 5.74) is -0.453. The number of esters is 1. The number of hydrogen-bond donors (Lipinski definition) is 2. The maximum absolute atomic E-state index is 10.9. The topological polar surface area (TPSA) is 79.9 Å². The van der Waals surface area contributed by atoms with Crippen molar-refractivity contribution >= 4 is 18.2 Å². The SMILES string of the molecule is COC(=O)Cn1c(=O)[nH][nH]c1=S. The minimum absolute atomic E-state index is 0.172. The zero-order chi connectivity index (χ0) is 9.14. The van der Waals surface area contributed by atoms with E-state index in [1.54, 1.807) is 0 Å². The van der Waals surface area contributed by atoms with E-state index < -0.39 is 11.7 Å². The number of ether oxygens (including phenoxy) is 1. The Morgan fingerprint density at radius 1 is 1.67 bits per heavy atom. The number of nitrogens with zero attached hydrogens (tertiary/aromatic N) is 1. The number of nitrogens with one attached hydrogen (secondary N) is 2. The van der Waals surface area contributed by atoms with E-state index in [1.165, 1.54) is 7.11 Å². The summed E-state index contributed by atoms with van der Waals surface area (Å²) in [7, 11) is 1.24. The summed E-state index contributed by atoms with van der Waals surface area (Å²) in [6.45, 7) is -0.172. The molecule has 0 saturated carbocycles. The Morgan fingerprint density at radius 2 is 2.33 bits per heavy atom. The van der Waals surface area contributed by atoms with Crippen molar-refractivity contribution in [2.75, 3.05) is 7.11 Å². The van der Waals surface area contributed by atoms with Gasteiger partial charge in [0, 0.05) is 0 Å². The normalized spacial score (nSPS) is 9.75. The van der Waals surface area contributed by atoms with Crippen molar-refractivity contribution in [3.8, 4) is 0 Å². The molecule has 7 heteroatoms. The van der Waals surface area contributed by atoms with Gasteiger partial charge in [0.2, 0.25) is 0 Å². The van der Waals surface area contributed by atoms with Gasteiger partial charge in [0.15, 0.2) is 4.77 Å². The van der Waals surface area contributed by atoms with Gasteiger partial charge in [0.05, 0.1) is 7.11 Å². The Balaban J connectivity index is 2.96. The smallest absolute Gasteiger partial charge is 0.342 e. The van der Waals surface area contributed by atoms with Crippen LogP contribution in [-0.2, 0) is 16.1 Å². The molecule has 2 N–H and O–H groups in total. The lowest BCUT2D eigenvalue weighted by Gasteiger charge is -1.96. The Morgan fingerprint density at radius 3 is 2.75 bits per heavy atom. The molecule has 6 nitrogen and oxygen atoms in total. The van der Waals surface area contributed by atoms with E-state index in [2.05, 4.69) is 14.9 Å². The monoisotopic (exact) mass is 189 g/mol. The first-order valence-corrected chi connectivity index (χ1v) is 3.50. The number of carbonyl (C=O) groups is 1. The lowest BCUT2D eigenvalue weighted by Crippen LogP contribution is -2.22. The van der Waals surface area contributed by atoms with E-state index in [4.69, 9.17) is 12.2 Å². The zero-order valence-electron chi connectivity index (χ0n) is 6.29. The summed E-state index contributed by atoms with van der Waals surface area (Å²) in [5, 5.41) is 4.64. The standard InChI is InChI=1S/C5H7N3O3S/c1-11-3(9)2-8-4(10)6-7-5(8)12/h2H2,1H3,(H,6,10)(H,7,12). The van der Waals surface area contributed by atoms with Crippen LogP contribution in [0.4, 0.5) is 0 Å². The molecule has 0 aliphatic carbocycles. The van der Waals surface area contributed by atoms with Crippen LogP contribution in [0.25, 0.3) is 0 Å². The Labute approximate surface area is 72.1 Å². The fraction of sp³-hybridized carbons (Fsp3) is 0.400. The number of methoxy groups -OCH3 is 1. The van der Waals surface area contributed by atoms with Gasteiger partial charge in [-0.1, -0.05) is 0 Å². The molecule has 0 amide bonds. The Kier molecular flexibility index (Phi) is 2.44. The predicted octanol–water partition coefficient (Wildman–Crippen LogP) is -0.593. The van der Waals surface area contributed by atoms with Gasteiger partial charge in [0.1, 0.15) is 6.54 Å². The van der Waals surface area contributed by atoms with Crippen molar-refractivity contribution in [1.82, 2.24) is 14.8 Å². The maximum atomic E-state index is 10.9. The van der Waals surface area contributed by atoms with Crippen LogP contribution in [0.3, 0.4) is 0 Å². The fourth-order valence-electron chi connectivity index (χ4n) is 0.671. The second-order valence-corrected chi connectivity index (χ2v) is 2.41. The molecule has 0 aliphatic rings. The molecule has 0 aliphatic heterocycles. The number of carbonyl (C=O) groups excluding carboxylic acids is 1. The third kappa shape index (κ3) is 1.62. The van der Waals surface area contributed by atoms with E-state index in [0.29, 0.717) is 0 Å². The second-order valence-electron chi connectivity index (χ2n) is 2.02. The van der Waals surface area contributed by atoms with Gasteiger partial charge in [0.25, 0.3) is 0 Å². The molecular formula is C5H7N3O3S. The molecule has 0 unspecified atom stereocenters. The average molecular weight is 189 g/mol. The molecule has 1 aromatic heterocycles. The maximum Gasteiger partial charge on any atom is 0.342 e. The molecule has 0 bridgehead atoms. The van der Waals surface area contributed by atoms with E-state index in [9.17, 15) is 9.59 Å². The summed E-state index contributed by atoms with van der Waals surface area (Å²) in [6, 6.07) is 0. The van der Waals surface area contributed by atoms with Gasteiger partial charge in [-0.25, -0.2) is 9.89 Å². The highest BCUT2D eigenvalue weighted by atomic mass is 32.1. The van der Waals surface area contributed by atoms with Crippen LogP contribution in [0, 0.1) is 4.77 Å². The van der Waals surface area contributed by atoms with Gasteiger partial charge in [-0.15, -0.1) is 0 Å². The average Bonchev–Trinajstić information content (AvgIpc) is 2.35. The van der Waals surface area contributed by atoms with Crippen LogP contribution in [0.2, 0.25) is 0 Å². The largest absolute Gasteiger partial charge is 0.468 e. The van der Waals surface area contributed by atoms with Gasteiger partial charge in [-0.3, -0.25) is 14.5 Å². The molecule has 0 saturated heterocycles. The summed E-state index contributed by atoms with van der Waals surface area (Å²) in [6.07, 6.45) is 0. The predicted molar refractivity (Wildman–Crippen MR) is 42.3 cm³/mol. The summed E-state index contributed by atoms with van der Waals surface area (Å²) < 4.78 is 5.60. The van der Waals surface area contributed by atoms with Crippen LogP contribution >= 0.6 is 12.2 Å². The van der Waals surface area contributed by atoms with Crippen LogP contribution < -0.4 is 5.69 Å². The molecule has 1 aromatic rings. The van der Waals surface area contributed by atoms with Crippen LogP contribution in [0.15, 0.2) is 4.79 Å². The van der Waals surface area contributed by atoms with Gasteiger partial charge >= 0.3 is 11.7 Å². The van der Waals surface area contributed by atoms with Gasteiger partial charge in [-0.05, 0) is 12.2 Å². The van der Waals surface area contributed by atoms with Crippen molar-refractivity contribution in [3.05, 3.63) is 15.3 Å². The van der Waals surface area contributed by atoms with E-state index in [1.807, 2.05) is 0 Å². The lowest BCUT2D eigenvalue weighted by molar-refractivity contribution is -0.141. The molecule has 1 rings (SSSR count).